The lowest BCUT2D eigenvalue weighted by Gasteiger charge is -2.39. The molecule has 1 aliphatic carbocycles. The van der Waals surface area contributed by atoms with Crippen LogP contribution in [0.3, 0.4) is 0 Å². The molecule has 20 heavy (non-hydrogen) atoms. The van der Waals surface area contributed by atoms with Crippen LogP contribution in [0.1, 0.15) is 63.8 Å². The summed E-state index contributed by atoms with van der Waals surface area (Å²) >= 11 is 0. The van der Waals surface area contributed by atoms with Crippen LogP contribution in [0.2, 0.25) is 0 Å². The molecule has 0 atom stereocenters. The zero-order valence-corrected chi connectivity index (χ0v) is 13.2. The van der Waals surface area contributed by atoms with Gasteiger partial charge in [0.1, 0.15) is 5.82 Å². The third-order valence-electron chi connectivity index (χ3n) is 4.43. The van der Waals surface area contributed by atoms with Crippen molar-refractivity contribution in [1.82, 2.24) is 14.9 Å². The molecule has 1 N–H and O–H groups in total. The van der Waals surface area contributed by atoms with Crippen molar-refractivity contribution >= 4 is 0 Å². The Hall–Kier alpha value is -0.870. The molecule has 3 rings (SSSR count). The highest BCUT2D eigenvalue weighted by Gasteiger charge is 2.37. The summed E-state index contributed by atoms with van der Waals surface area (Å²) in [6, 6.07) is 0.593. The summed E-state index contributed by atoms with van der Waals surface area (Å²) in [7, 11) is 0. The summed E-state index contributed by atoms with van der Waals surface area (Å²) in [4.78, 5) is 4.96. The van der Waals surface area contributed by atoms with Crippen molar-refractivity contribution in [3.8, 4) is 0 Å². The minimum Gasteiger partial charge on any atom is -0.378 e. The van der Waals surface area contributed by atoms with E-state index in [9.17, 15) is 0 Å². The number of fused-ring (bicyclic) bond motifs is 1. The predicted octanol–water partition coefficient (Wildman–Crippen LogP) is 2.57. The smallest absolute Gasteiger partial charge is 0.114 e. The molecule has 1 aromatic rings. The molecule has 1 saturated carbocycles. The average Bonchev–Trinajstić information content (AvgIpc) is 2.72. The minimum atomic E-state index is 0.105. The van der Waals surface area contributed by atoms with E-state index in [0.29, 0.717) is 12.1 Å². The Morgan fingerprint density at radius 2 is 2.10 bits per heavy atom. The van der Waals surface area contributed by atoms with Crippen molar-refractivity contribution in [2.45, 2.75) is 71.1 Å². The highest BCUT2D eigenvalue weighted by molar-refractivity contribution is 5.25. The second kappa shape index (κ2) is 5.15. The third-order valence-corrected chi connectivity index (χ3v) is 4.43. The second-order valence-corrected chi connectivity index (χ2v) is 7.08. The van der Waals surface area contributed by atoms with Crippen LogP contribution < -0.4 is 5.32 Å². The van der Waals surface area contributed by atoms with Crippen molar-refractivity contribution in [1.29, 1.82) is 0 Å². The van der Waals surface area contributed by atoms with E-state index in [2.05, 4.69) is 37.6 Å². The molecule has 4 nitrogen and oxygen atoms in total. The monoisotopic (exact) mass is 277 g/mol. The van der Waals surface area contributed by atoms with Crippen LogP contribution >= 0.6 is 0 Å². The summed E-state index contributed by atoms with van der Waals surface area (Å²) in [5.41, 5.74) is 2.84. The number of nitrogens with zero attached hydrogens (tertiary/aromatic N) is 2. The van der Waals surface area contributed by atoms with Gasteiger partial charge in [0.15, 0.2) is 0 Å². The predicted molar refractivity (Wildman–Crippen MR) is 80.0 cm³/mol. The van der Waals surface area contributed by atoms with Gasteiger partial charge in [-0.3, -0.25) is 0 Å². The van der Waals surface area contributed by atoms with Gasteiger partial charge in [-0.15, -0.1) is 0 Å². The van der Waals surface area contributed by atoms with E-state index in [4.69, 9.17) is 9.72 Å². The normalized spacial score (nSPS) is 26.2. The minimum absolute atomic E-state index is 0.105. The number of hydrogen-bond donors (Lipinski definition) is 1. The van der Waals surface area contributed by atoms with Crippen molar-refractivity contribution in [3.05, 3.63) is 17.2 Å². The molecule has 0 amide bonds. The Morgan fingerprint density at radius 3 is 2.75 bits per heavy atom. The number of imidazole rings is 1. The van der Waals surface area contributed by atoms with Gasteiger partial charge in [-0.1, -0.05) is 20.8 Å². The summed E-state index contributed by atoms with van der Waals surface area (Å²) in [6.45, 7) is 11.7. The lowest BCUT2D eigenvalue weighted by Crippen LogP contribution is -2.37. The fourth-order valence-electron chi connectivity index (χ4n) is 3.38. The van der Waals surface area contributed by atoms with Crippen LogP contribution in [0.5, 0.6) is 0 Å². The molecular weight excluding hydrogens is 250 g/mol. The van der Waals surface area contributed by atoms with Gasteiger partial charge in [0.25, 0.3) is 0 Å². The fourth-order valence-corrected chi connectivity index (χ4v) is 3.38. The average molecular weight is 277 g/mol. The van der Waals surface area contributed by atoms with Crippen molar-refractivity contribution < 1.29 is 4.74 Å². The number of ether oxygens (including phenoxy) is 1. The van der Waals surface area contributed by atoms with Crippen LogP contribution in [-0.4, -0.2) is 28.8 Å². The fraction of sp³-hybridized carbons (Fsp3) is 0.812. The van der Waals surface area contributed by atoms with E-state index < -0.39 is 0 Å². The lowest BCUT2D eigenvalue weighted by atomic mass is 9.86. The first-order chi connectivity index (χ1) is 9.50. The van der Waals surface area contributed by atoms with Gasteiger partial charge >= 0.3 is 0 Å². The molecule has 2 aliphatic rings. The molecule has 4 heteroatoms. The highest BCUT2D eigenvalue weighted by Crippen LogP contribution is 2.40. The van der Waals surface area contributed by atoms with Gasteiger partial charge in [-0.05, 0) is 19.8 Å². The first kappa shape index (κ1) is 14.1. The second-order valence-electron chi connectivity index (χ2n) is 7.08. The maximum Gasteiger partial charge on any atom is 0.114 e. The van der Waals surface area contributed by atoms with E-state index in [1.165, 1.54) is 17.2 Å². The Balaban J connectivity index is 1.90. The Morgan fingerprint density at radius 1 is 1.35 bits per heavy atom. The number of rotatable bonds is 3. The van der Waals surface area contributed by atoms with Gasteiger partial charge in [0, 0.05) is 43.3 Å². The zero-order valence-electron chi connectivity index (χ0n) is 13.2. The van der Waals surface area contributed by atoms with Crippen molar-refractivity contribution in [2.75, 3.05) is 13.2 Å². The van der Waals surface area contributed by atoms with Gasteiger partial charge in [-0.2, -0.15) is 0 Å². The summed E-state index contributed by atoms with van der Waals surface area (Å²) in [5.74, 6) is 1.26. The third kappa shape index (κ3) is 2.40. The van der Waals surface area contributed by atoms with Gasteiger partial charge in [-0.25, -0.2) is 4.98 Å². The first-order valence-electron chi connectivity index (χ1n) is 7.93. The Kier molecular flexibility index (Phi) is 3.63. The van der Waals surface area contributed by atoms with Crippen molar-refractivity contribution in [2.24, 2.45) is 0 Å². The molecule has 0 radical (unpaired) electrons. The molecule has 0 unspecified atom stereocenters. The zero-order chi connectivity index (χ0) is 14.3. The van der Waals surface area contributed by atoms with E-state index in [-0.39, 0.29) is 5.41 Å². The van der Waals surface area contributed by atoms with E-state index >= 15 is 0 Å². The topological polar surface area (TPSA) is 39.1 Å². The van der Waals surface area contributed by atoms with Crippen LogP contribution in [0.25, 0.3) is 0 Å². The molecule has 0 saturated heterocycles. The van der Waals surface area contributed by atoms with Gasteiger partial charge in [0.05, 0.1) is 11.8 Å². The summed E-state index contributed by atoms with van der Waals surface area (Å²) in [6.07, 6.45) is 3.85. The molecule has 0 spiro atoms. The van der Waals surface area contributed by atoms with E-state index in [1.807, 2.05) is 0 Å². The maximum absolute atomic E-state index is 5.73. The van der Waals surface area contributed by atoms with Crippen LogP contribution in [0, 0.1) is 0 Å². The molecule has 1 aliphatic heterocycles. The molecule has 0 aromatic carbocycles. The maximum atomic E-state index is 5.73. The molecule has 112 valence electrons. The Labute approximate surface area is 121 Å². The molecule has 2 heterocycles. The van der Waals surface area contributed by atoms with E-state index in [0.717, 1.165) is 39.0 Å². The lowest BCUT2D eigenvalue weighted by molar-refractivity contribution is -0.0215. The van der Waals surface area contributed by atoms with Crippen LogP contribution in [0.15, 0.2) is 0 Å². The summed E-state index contributed by atoms with van der Waals surface area (Å²) < 4.78 is 8.28. The van der Waals surface area contributed by atoms with E-state index in [1.54, 1.807) is 0 Å². The largest absolute Gasteiger partial charge is 0.378 e. The first-order valence-corrected chi connectivity index (χ1v) is 7.93. The number of hydrogen-bond acceptors (Lipinski definition) is 3. The standard InChI is InChI=1S/C16H27N3O/c1-5-20-12-8-11(9-12)19-14-6-7-17-10-13(14)18-15(19)16(2,3)4/h11-12,17H,5-10H2,1-4H3. The highest BCUT2D eigenvalue weighted by atomic mass is 16.5. The number of aromatic nitrogens is 2. The van der Waals surface area contributed by atoms with Gasteiger partial charge < -0.3 is 14.6 Å². The van der Waals surface area contributed by atoms with Crippen molar-refractivity contribution in [3.63, 3.8) is 0 Å². The SMILES string of the molecule is CCOC1CC(n2c(C(C)(C)C)nc3c2CCNC3)C1. The quantitative estimate of drug-likeness (QED) is 0.923. The molecule has 1 aromatic heterocycles. The van der Waals surface area contributed by atoms with Gasteiger partial charge in [0.2, 0.25) is 0 Å². The Bertz CT molecular complexity index is 481. The number of nitrogens with one attached hydrogen (secondary N) is 1. The van der Waals surface area contributed by atoms with Crippen LogP contribution in [-0.2, 0) is 23.1 Å². The summed E-state index contributed by atoms with van der Waals surface area (Å²) in [5, 5.41) is 3.44. The molecular formula is C16H27N3O. The molecule has 1 fully saturated rings. The van der Waals surface area contributed by atoms with Crippen LogP contribution in [0.4, 0.5) is 0 Å². The molecule has 0 bridgehead atoms.